The highest BCUT2D eigenvalue weighted by atomic mass is 35.5. The molecule has 0 aliphatic carbocycles. The zero-order valence-electron chi connectivity index (χ0n) is 8.63. The van der Waals surface area contributed by atoms with Gasteiger partial charge in [0.1, 0.15) is 11.5 Å². The molecule has 0 fully saturated rings. The Labute approximate surface area is 106 Å². The Kier molecular flexibility index (Phi) is 3.78. The molecule has 0 aliphatic heterocycles. The van der Waals surface area contributed by atoms with Crippen molar-refractivity contribution in [2.75, 3.05) is 0 Å². The van der Waals surface area contributed by atoms with E-state index in [9.17, 15) is 8.76 Å². The minimum Gasteiger partial charge on any atom is -0.768 e. The van der Waals surface area contributed by atoms with E-state index in [-0.39, 0.29) is 4.90 Å². The molecule has 88 valence electrons. The van der Waals surface area contributed by atoms with Crippen LogP contribution in [0.4, 0.5) is 0 Å². The highest BCUT2D eigenvalue weighted by molar-refractivity contribution is 7.79. The number of benzene rings is 2. The highest BCUT2D eigenvalue weighted by Crippen LogP contribution is 2.28. The number of halogens is 1. The minimum absolute atomic E-state index is 0.219. The molecule has 0 aromatic heterocycles. The van der Waals surface area contributed by atoms with E-state index in [1.807, 2.05) is 6.07 Å². The molecular weight excluding hydrogens is 260 g/mol. The van der Waals surface area contributed by atoms with Crippen LogP contribution in [0.25, 0.3) is 0 Å². The first kappa shape index (κ1) is 12.1. The van der Waals surface area contributed by atoms with Gasteiger partial charge in [0.2, 0.25) is 0 Å². The standard InChI is InChI=1S/C12H9ClO3S/c13-11-3-1-2-4-12(11)16-9-5-7-10(8-6-9)17(14)15/h1-8H,(H,14,15)/p-1. The molecule has 0 aliphatic rings. The molecule has 0 spiro atoms. The van der Waals surface area contributed by atoms with Crippen molar-refractivity contribution in [1.29, 1.82) is 0 Å². The van der Waals surface area contributed by atoms with E-state index in [4.69, 9.17) is 16.3 Å². The first-order valence-corrected chi connectivity index (χ1v) is 6.24. The van der Waals surface area contributed by atoms with E-state index >= 15 is 0 Å². The third kappa shape index (κ3) is 3.06. The summed E-state index contributed by atoms with van der Waals surface area (Å²) in [5.41, 5.74) is 0. The maximum atomic E-state index is 10.7. The molecule has 0 N–H and O–H groups in total. The van der Waals surface area contributed by atoms with Gasteiger partial charge in [0.25, 0.3) is 0 Å². The number of rotatable bonds is 3. The SMILES string of the molecule is O=S([O-])c1ccc(Oc2ccccc2Cl)cc1. The third-order valence-corrected chi connectivity index (χ3v) is 3.05. The lowest BCUT2D eigenvalue weighted by molar-refractivity contribution is 0.482. The summed E-state index contributed by atoms with van der Waals surface area (Å²) in [6.45, 7) is 0. The Hall–Kier alpha value is -1.36. The number of ether oxygens (including phenoxy) is 1. The van der Waals surface area contributed by atoms with Gasteiger partial charge in [-0.15, -0.1) is 0 Å². The maximum absolute atomic E-state index is 10.7. The van der Waals surface area contributed by atoms with Gasteiger partial charge in [0.05, 0.1) is 5.02 Å². The molecule has 0 heterocycles. The molecule has 1 unspecified atom stereocenters. The molecule has 0 radical (unpaired) electrons. The lowest BCUT2D eigenvalue weighted by atomic mass is 10.3. The van der Waals surface area contributed by atoms with Crippen molar-refractivity contribution in [3.05, 3.63) is 53.6 Å². The fraction of sp³-hybridized carbons (Fsp3) is 0. The second kappa shape index (κ2) is 5.31. The lowest BCUT2D eigenvalue weighted by Crippen LogP contribution is -1.89. The van der Waals surface area contributed by atoms with Gasteiger partial charge in [-0.1, -0.05) is 23.7 Å². The smallest absolute Gasteiger partial charge is 0.146 e. The Morgan fingerprint density at radius 1 is 1.06 bits per heavy atom. The Morgan fingerprint density at radius 3 is 2.29 bits per heavy atom. The van der Waals surface area contributed by atoms with Crippen LogP contribution in [0.5, 0.6) is 11.5 Å². The number of para-hydroxylation sites is 1. The summed E-state index contributed by atoms with van der Waals surface area (Å²) < 4.78 is 26.8. The quantitative estimate of drug-likeness (QED) is 0.801. The normalized spacial score (nSPS) is 12.1. The van der Waals surface area contributed by atoms with Gasteiger partial charge >= 0.3 is 0 Å². The van der Waals surface area contributed by atoms with Crippen molar-refractivity contribution in [3.8, 4) is 11.5 Å². The van der Waals surface area contributed by atoms with Gasteiger partial charge in [-0.25, -0.2) is 0 Å². The summed E-state index contributed by atoms with van der Waals surface area (Å²) in [5.74, 6) is 1.07. The minimum atomic E-state index is -2.22. The van der Waals surface area contributed by atoms with Gasteiger partial charge in [-0.05, 0) is 47.5 Å². The van der Waals surface area contributed by atoms with Crippen LogP contribution < -0.4 is 4.74 Å². The van der Waals surface area contributed by atoms with Crippen LogP contribution in [0.15, 0.2) is 53.4 Å². The molecule has 2 aromatic carbocycles. The summed E-state index contributed by atoms with van der Waals surface area (Å²) in [6.07, 6.45) is 0. The molecule has 0 amide bonds. The summed E-state index contributed by atoms with van der Waals surface area (Å²) in [6, 6.07) is 13.2. The average Bonchev–Trinajstić information content (AvgIpc) is 2.33. The maximum Gasteiger partial charge on any atom is 0.146 e. The Morgan fingerprint density at radius 2 is 1.71 bits per heavy atom. The fourth-order valence-corrected chi connectivity index (χ4v) is 1.81. The summed E-state index contributed by atoms with van der Waals surface area (Å²) >= 11 is 3.71. The first-order valence-electron chi connectivity index (χ1n) is 4.78. The summed E-state index contributed by atoms with van der Waals surface area (Å²) in [7, 11) is 0. The molecule has 17 heavy (non-hydrogen) atoms. The van der Waals surface area contributed by atoms with E-state index in [1.54, 1.807) is 30.3 Å². The summed E-state index contributed by atoms with van der Waals surface area (Å²) in [5, 5.41) is 0.504. The molecule has 2 rings (SSSR count). The van der Waals surface area contributed by atoms with E-state index in [0.717, 1.165) is 0 Å². The predicted molar refractivity (Wildman–Crippen MR) is 65.2 cm³/mol. The van der Waals surface area contributed by atoms with Crippen molar-refractivity contribution in [2.24, 2.45) is 0 Å². The number of hydrogen-bond acceptors (Lipinski definition) is 3. The van der Waals surface area contributed by atoms with E-state index in [2.05, 4.69) is 0 Å². The van der Waals surface area contributed by atoms with E-state index in [1.165, 1.54) is 12.1 Å². The van der Waals surface area contributed by atoms with Crippen LogP contribution in [0.1, 0.15) is 0 Å². The Balaban J connectivity index is 2.20. The second-order valence-corrected chi connectivity index (χ2v) is 4.59. The first-order chi connectivity index (χ1) is 8.16. The largest absolute Gasteiger partial charge is 0.768 e. The van der Waals surface area contributed by atoms with Gasteiger partial charge in [-0.2, -0.15) is 0 Å². The van der Waals surface area contributed by atoms with Crippen LogP contribution in [0.2, 0.25) is 5.02 Å². The second-order valence-electron chi connectivity index (χ2n) is 3.24. The van der Waals surface area contributed by atoms with Crippen molar-refractivity contribution >= 4 is 22.7 Å². The zero-order valence-corrected chi connectivity index (χ0v) is 10.2. The van der Waals surface area contributed by atoms with Crippen molar-refractivity contribution in [2.45, 2.75) is 4.90 Å². The predicted octanol–water partition coefficient (Wildman–Crippen LogP) is 3.37. The molecule has 2 aromatic rings. The third-order valence-electron chi connectivity index (χ3n) is 2.08. The van der Waals surface area contributed by atoms with Crippen molar-refractivity contribution in [3.63, 3.8) is 0 Å². The van der Waals surface area contributed by atoms with Gasteiger partial charge in [0, 0.05) is 4.90 Å². The molecule has 3 nitrogen and oxygen atoms in total. The van der Waals surface area contributed by atoms with E-state index in [0.29, 0.717) is 16.5 Å². The van der Waals surface area contributed by atoms with E-state index < -0.39 is 11.1 Å². The molecule has 0 saturated carbocycles. The molecule has 0 bridgehead atoms. The van der Waals surface area contributed by atoms with Crippen LogP contribution in [-0.4, -0.2) is 8.76 Å². The average molecular weight is 268 g/mol. The van der Waals surface area contributed by atoms with Crippen LogP contribution >= 0.6 is 11.6 Å². The van der Waals surface area contributed by atoms with Gasteiger partial charge < -0.3 is 9.29 Å². The molecule has 0 saturated heterocycles. The van der Waals surface area contributed by atoms with Crippen LogP contribution in [0, 0.1) is 0 Å². The number of hydrogen-bond donors (Lipinski definition) is 0. The lowest BCUT2D eigenvalue weighted by Gasteiger charge is -2.09. The van der Waals surface area contributed by atoms with Crippen molar-refractivity contribution in [1.82, 2.24) is 0 Å². The van der Waals surface area contributed by atoms with Crippen LogP contribution in [0.3, 0.4) is 0 Å². The zero-order chi connectivity index (χ0) is 12.3. The van der Waals surface area contributed by atoms with Gasteiger partial charge in [-0.3, -0.25) is 4.21 Å². The fourth-order valence-electron chi connectivity index (χ4n) is 1.27. The summed E-state index contributed by atoms with van der Waals surface area (Å²) in [4.78, 5) is 0.219. The Bertz CT molecular complexity index is 540. The topological polar surface area (TPSA) is 49.4 Å². The van der Waals surface area contributed by atoms with Gasteiger partial charge in [0.15, 0.2) is 0 Å². The molecule has 1 atom stereocenters. The molecule has 5 heteroatoms. The molecular formula is C12H8ClO3S-. The van der Waals surface area contributed by atoms with Crippen LogP contribution in [-0.2, 0) is 11.1 Å². The van der Waals surface area contributed by atoms with Crippen molar-refractivity contribution < 1.29 is 13.5 Å². The monoisotopic (exact) mass is 267 g/mol. The highest BCUT2D eigenvalue weighted by Gasteiger charge is 2.01.